The van der Waals surface area contributed by atoms with Crippen molar-refractivity contribution < 1.29 is 13.9 Å². The van der Waals surface area contributed by atoms with Gasteiger partial charge in [0.2, 0.25) is 5.91 Å². The molecular weight excluding hydrogens is 320 g/mol. The van der Waals surface area contributed by atoms with Gasteiger partial charge in [-0.05, 0) is 24.5 Å². The monoisotopic (exact) mass is 352 g/mol. The number of guanidine groups is 1. The number of nitrogens with zero attached hydrogens (tertiary/aromatic N) is 2. The highest BCUT2D eigenvalue weighted by Crippen LogP contribution is 1.99. The van der Waals surface area contributed by atoms with Gasteiger partial charge in [0.05, 0.1) is 12.9 Å². The second kappa shape index (κ2) is 12.4. The lowest BCUT2D eigenvalue weighted by Crippen LogP contribution is -2.41. The number of ether oxygens (including phenoxy) is 1. The molecule has 0 aromatic carbocycles. The average Bonchev–Trinajstić information content (AvgIpc) is 3.07. The molecule has 0 saturated heterocycles. The number of hydrogen-bond acceptors (Lipinski definition) is 4. The van der Waals surface area contributed by atoms with Crippen LogP contribution in [0, 0.1) is 5.92 Å². The van der Waals surface area contributed by atoms with E-state index in [1.54, 1.807) is 20.4 Å². The van der Waals surface area contributed by atoms with Crippen LogP contribution in [0.25, 0.3) is 0 Å². The molecule has 0 aliphatic carbocycles. The summed E-state index contributed by atoms with van der Waals surface area (Å²) < 4.78 is 10.9. The molecule has 7 heteroatoms. The van der Waals surface area contributed by atoms with Crippen LogP contribution in [-0.2, 0) is 16.0 Å². The van der Waals surface area contributed by atoms with Crippen LogP contribution in [0.3, 0.4) is 0 Å². The minimum Gasteiger partial charge on any atom is -0.469 e. The van der Waals surface area contributed by atoms with Crippen LogP contribution in [-0.4, -0.2) is 63.7 Å². The predicted octanol–water partition coefficient (Wildman–Crippen LogP) is 1.51. The first-order valence-electron chi connectivity index (χ1n) is 8.81. The molecular formula is C18H32N4O3. The molecule has 0 radical (unpaired) electrons. The van der Waals surface area contributed by atoms with Crippen LogP contribution < -0.4 is 10.6 Å². The van der Waals surface area contributed by atoms with E-state index in [1.165, 1.54) is 4.90 Å². The average molecular weight is 352 g/mol. The van der Waals surface area contributed by atoms with Crippen LogP contribution in [0.4, 0.5) is 0 Å². The molecule has 142 valence electrons. The largest absolute Gasteiger partial charge is 0.469 e. The summed E-state index contributed by atoms with van der Waals surface area (Å²) in [4.78, 5) is 17.6. The van der Waals surface area contributed by atoms with Crippen molar-refractivity contribution >= 4 is 11.9 Å². The first-order chi connectivity index (χ1) is 12.0. The quantitative estimate of drug-likeness (QED) is 0.358. The van der Waals surface area contributed by atoms with E-state index in [0.29, 0.717) is 31.6 Å². The van der Waals surface area contributed by atoms with Crippen molar-refractivity contribution in [2.24, 2.45) is 10.9 Å². The van der Waals surface area contributed by atoms with Gasteiger partial charge in [0.1, 0.15) is 12.3 Å². The summed E-state index contributed by atoms with van der Waals surface area (Å²) in [6.45, 7) is 7.14. The van der Waals surface area contributed by atoms with Gasteiger partial charge in [-0.1, -0.05) is 13.8 Å². The molecule has 7 nitrogen and oxygen atoms in total. The lowest BCUT2D eigenvalue weighted by molar-refractivity contribution is -0.127. The third-order valence-corrected chi connectivity index (χ3v) is 3.49. The number of nitrogens with one attached hydrogen (secondary N) is 2. The summed E-state index contributed by atoms with van der Waals surface area (Å²) in [5.41, 5.74) is 0. The van der Waals surface area contributed by atoms with Crippen molar-refractivity contribution in [1.29, 1.82) is 0 Å². The smallest absolute Gasteiger partial charge is 0.243 e. The van der Waals surface area contributed by atoms with Crippen LogP contribution in [0.1, 0.15) is 26.0 Å². The van der Waals surface area contributed by atoms with E-state index in [9.17, 15) is 4.79 Å². The Kier molecular flexibility index (Phi) is 10.4. The number of hydrogen-bond donors (Lipinski definition) is 2. The summed E-state index contributed by atoms with van der Waals surface area (Å²) in [7, 11) is 3.44. The molecule has 0 bridgehead atoms. The Morgan fingerprint density at radius 1 is 1.28 bits per heavy atom. The first-order valence-corrected chi connectivity index (χ1v) is 8.81. The van der Waals surface area contributed by atoms with Crippen molar-refractivity contribution in [3.8, 4) is 0 Å². The maximum Gasteiger partial charge on any atom is 0.243 e. The van der Waals surface area contributed by atoms with Crippen molar-refractivity contribution in [2.45, 2.75) is 26.7 Å². The standard InChI is InChI=1S/C18H32N4O3/c1-15(2)8-12-24-13-10-20-18(21-14-17(23)22(3)4)19-9-7-16-6-5-11-25-16/h5-6,11,15H,7-10,12-14H2,1-4H3,(H2,19,20,21). The SMILES string of the molecule is CC(C)CCOCCNC(=NCC(=O)N(C)C)NCCc1ccco1. The summed E-state index contributed by atoms with van der Waals surface area (Å²) in [5.74, 6) is 2.12. The number of carbonyl (C=O) groups is 1. The van der Waals surface area contributed by atoms with Gasteiger partial charge in [-0.15, -0.1) is 0 Å². The third kappa shape index (κ3) is 10.4. The maximum atomic E-state index is 11.7. The number of aliphatic imine (C=N–C) groups is 1. The van der Waals surface area contributed by atoms with E-state index >= 15 is 0 Å². The number of rotatable bonds is 11. The second-order valence-corrected chi connectivity index (χ2v) is 6.43. The molecule has 1 heterocycles. The van der Waals surface area contributed by atoms with Gasteiger partial charge in [-0.3, -0.25) is 4.79 Å². The zero-order chi connectivity index (χ0) is 18.5. The van der Waals surface area contributed by atoms with Gasteiger partial charge >= 0.3 is 0 Å². The Balaban J connectivity index is 2.35. The highest BCUT2D eigenvalue weighted by Gasteiger charge is 2.05. The number of likely N-dealkylation sites (N-methyl/N-ethyl adjacent to an activating group) is 1. The predicted molar refractivity (Wildman–Crippen MR) is 99.7 cm³/mol. The van der Waals surface area contributed by atoms with E-state index in [2.05, 4.69) is 29.5 Å². The van der Waals surface area contributed by atoms with E-state index in [0.717, 1.165) is 25.2 Å². The Morgan fingerprint density at radius 2 is 2.04 bits per heavy atom. The fraction of sp³-hybridized carbons (Fsp3) is 0.667. The van der Waals surface area contributed by atoms with E-state index < -0.39 is 0 Å². The molecule has 0 aliphatic rings. The van der Waals surface area contributed by atoms with Crippen molar-refractivity contribution in [3.63, 3.8) is 0 Å². The van der Waals surface area contributed by atoms with Crippen LogP contribution >= 0.6 is 0 Å². The molecule has 1 aromatic heterocycles. The van der Waals surface area contributed by atoms with E-state index in [-0.39, 0.29) is 12.5 Å². The van der Waals surface area contributed by atoms with Crippen molar-refractivity contribution in [1.82, 2.24) is 15.5 Å². The molecule has 0 unspecified atom stereocenters. The zero-order valence-corrected chi connectivity index (χ0v) is 15.9. The van der Waals surface area contributed by atoms with Gasteiger partial charge in [0.25, 0.3) is 0 Å². The summed E-state index contributed by atoms with van der Waals surface area (Å²) in [6, 6.07) is 3.80. The topological polar surface area (TPSA) is 79.1 Å². The molecule has 0 atom stereocenters. The number of amides is 1. The van der Waals surface area contributed by atoms with Gasteiger partial charge in [0.15, 0.2) is 5.96 Å². The van der Waals surface area contributed by atoms with Crippen LogP contribution in [0.5, 0.6) is 0 Å². The summed E-state index contributed by atoms with van der Waals surface area (Å²) in [5, 5.41) is 6.41. The number of carbonyl (C=O) groups excluding carboxylic acids is 1. The minimum atomic E-state index is -0.0414. The Labute approximate surface area is 150 Å². The fourth-order valence-electron chi connectivity index (χ4n) is 1.88. The minimum absolute atomic E-state index is 0.0414. The summed E-state index contributed by atoms with van der Waals surface area (Å²) >= 11 is 0. The Morgan fingerprint density at radius 3 is 2.68 bits per heavy atom. The highest BCUT2D eigenvalue weighted by atomic mass is 16.5. The van der Waals surface area contributed by atoms with Crippen LogP contribution in [0.15, 0.2) is 27.8 Å². The zero-order valence-electron chi connectivity index (χ0n) is 15.9. The van der Waals surface area contributed by atoms with Gasteiger partial charge in [-0.25, -0.2) is 4.99 Å². The van der Waals surface area contributed by atoms with Gasteiger partial charge in [0, 0.05) is 40.2 Å². The lowest BCUT2D eigenvalue weighted by atomic mass is 10.1. The molecule has 2 N–H and O–H groups in total. The van der Waals surface area contributed by atoms with Crippen molar-refractivity contribution in [3.05, 3.63) is 24.2 Å². The third-order valence-electron chi connectivity index (χ3n) is 3.49. The lowest BCUT2D eigenvalue weighted by Gasteiger charge is -2.14. The molecule has 1 amide bonds. The molecule has 0 spiro atoms. The van der Waals surface area contributed by atoms with E-state index in [1.807, 2.05) is 12.1 Å². The molecule has 0 saturated carbocycles. The highest BCUT2D eigenvalue weighted by molar-refractivity contribution is 5.84. The Bertz CT molecular complexity index is 498. The molecule has 1 aromatic rings. The fourth-order valence-corrected chi connectivity index (χ4v) is 1.88. The number of furan rings is 1. The Hall–Kier alpha value is -2.02. The summed E-state index contributed by atoms with van der Waals surface area (Å²) in [6.07, 6.45) is 3.47. The van der Waals surface area contributed by atoms with Crippen molar-refractivity contribution in [2.75, 3.05) is 46.9 Å². The normalized spacial score (nSPS) is 11.6. The second-order valence-electron chi connectivity index (χ2n) is 6.43. The molecule has 1 rings (SSSR count). The maximum absolute atomic E-state index is 11.7. The molecule has 0 aliphatic heterocycles. The molecule has 0 fully saturated rings. The van der Waals surface area contributed by atoms with Gasteiger partial charge in [-0.2, -0.15) is 0 Å². The molecule has 25 heavy (non-hydrogen) atoms. The first kappa shape index (κ1) is 21.0. The van der Waals surface area contributed by atoms with Gasteiger partial charge < -0.3 is 24.7 Å². The van der Waals surface area contributed by atoms with Crippen LogP contribution in [0.2, 0.25) is 0 Å². The van der Waals surface area contributed by atoms with E-state index in [4.69, 9.17) is 9.15 Å².